The second-order valence-electron chi connectivity index (χ2n) is 5.61. The smallest absolute Gasteiger partial charge is 0.193 e. The van der Waals surface area contributed by atoms with Gasteiger partial charge in [0.2, 0.25) is 0 Å². The number of ether oxygens (including phenoxy) is 1. The molecular formula is C15H28IN5O. The van der Waals surface area contributed by atoms with Crippen molar-refractivity contribution < 1.29 is 4.74 Å². The maximum absolute atomic E-state index is 5.41. The molecule has 1 fully saturated rings. The van der Waals surface area contributed by atoms with Crippen LogP contribution >= 0.6 is 24.0 Å². The lowest BCUT2D eigenvalue weighted by atomic mass is 9.96. The van der Waals surface area contributed by atoms with Crippen molar-refractivity contribution in [1.82, 2.24) is 20.0 Å². The van der Waals surface area contributed by atoms with Crippen molar-refractivity contribution in [2.24, 2.45) is 18.0 Å². The van der Waals surface area contributed by atoms with Gasteiger partial charge in [-0.3, -0.25) is 9.67 Å². The first-order valence-corrected chi connectivity index (χ1v) is 7.67. The molecule has 1 N–H and O–H groups in total. The summed E-state index contributed by atoms with van der Waals surface area (Å²) in [6.07, 6.45) is 5.39. The van der Waals surface area contributed by atoms with Gasteiger partial charge >= 0.3 is 0 Å². The van der Waals surface area contributed by atoms with Gasteiger partial charge in [-0.2, -0.15) is 5.10 Å². The molecule has 0 bridgehead atoms. The Bertz CT molecular complexity index is 457. The first-order valence-electron chi connectivity index (χ1n) is 7.67. The average molecular weight is 421 g/mol. The Kier molecular flexibility index (Phi) is 8.77. The van der Waals surface area contributed by atoms with Gasteiger partial charge in [-0.15, -0.1) is 24.0 Å². The molecule has 0 aromatic carbocycles. The van der Waals surface area contributed by atoms with Crippen LogP contribution in [0.2, 0.25) is 0 Å². The number of guanidine groups is 1. The molecule has 0 unspecified atom stereocenters. The van der Waals surface area contributed by atoms with Crippen molar-refractivity contribution in [2.75, 3.05) is 33.9 Å². The quantitative estimate of drug-likeness (QED) is 0.448. The average Bonchev–Trinajstić information content (AvgIpc) is 2.92. The summed E-state index contributed by atoms with van der Waals surface area (Å²) in [5, 5.41) is 7.56. The van der Waals surface area contributed by atoms with E-state index in [1.54, 1.807) is 0 Å². The molecule has 1 aliphatic heterocycles. The van der Waals surface area contributed by atoms with Gasteiger partial charge in [-0.25, -0.2) is 0 Å². The van der Waals surface area contributed by atoms with E-state index < -0.39 is 0 Å². The summed E-state index contributed by atoms with van der Waals surface area (Å²) >= 11 is 0. The highest BCUT2D eigenvalue weighted by Gasteiger charge is 2.15. The molecule has 1 aliphatic rings. The first-order chi connectivity index (χ1) is 10.2. The van der Waals surface area contributed by atoms with Crippen LogP contribution in [0.5, 0.6) is 0 Å². The molecule has 0 atom stereocenters. The fourth-order valence-electron chi connectivity index (χ4n) is 2.65. The van der Waals surface area contributed by atoms with E-state index in [-0.39, 0.29) is 24.0 Å². The highest BCUT2D eigenvalue weighted by Crippen LogP contribution is 2.18. The molecule has 0 saturated carbocycles. The van der Waals surface area contributed by atoms with Gasteiger partial charge in [0.1, 0.15) is 0 Å². The topological polar surface area (TPSA) is 54.7 Å². The van der Waals surface area contributed by atoms with E-state index in [1.807, 2.05) is 31.0 Å². The van der Waals surface area contributed by atoms with Crippen LogP contribution < -0.4 is 5.32 Å². The van der Waals surface area contributed by atoms with Gasteiger partial charge in [0.05, 0.1) is 12.2 Å². The lowest BCUT2D eigenvalue weighted by Gasteiger charge is -2.26. The molecule has 7 heteroatoms. The van der Waals surface area contributed by atoms with E-state index in [9.17, 15) is 0 Å². The van der Waals surface area contributed by atoms with E-state index >= 15 is 0 Å². The number of aliphatic imine (C=N–C) groups is 1. The van der Waals surface area contributed by atoms with E-state index in [1.165, 1.54) is 19.3 Å². The summed E-state index contributed by atoms with van der Waals surface area (Å²) in [6.45, 7) is 3.60. The third-order valence-electron chi connectivity index (χ3n) is 4.14. The van der Waals surface area contributed by atoms with Crippen molar-refractivity contribution in [3.8, 4) is 0 Å². The van der Waals surface area contributed by atoms with E-state index in [4.69, 9.17) is 4.74 Å². The van der Waals surface area contributed by atoms with Crippen molar-refractivity contribution in [2.45, 2.75) is 25.8 Å². The molecule has 1 saturated heterocycles. The van der Waals surface area contributed by atoms with E-state index in [0.29, 0.717) is 0 Å². The van der Waals surface area contributed by atoms with Gasteiger partial charge in [0.15, 0.2) is 5.96 Å². The number of nitrogens with one attached hydrogen (secondary N) is 1. The third kappa shape index (κ3) is 5.75. The molecule has 22 heavy (non-hydrogen) atoms. The van der Waals surface area contributed by atoms with E-state index in [0.717, 1.165) is 43.9 Å². The Morgan fingerprint density at radius 2 is 2.23 bits per heavy atom. The number of aromatic nitrogens is 2. The molecule has 2 rings (SSSR count). The largest absolute Gasteiger partial charge is 0.381 e. The minimum absolute atomic E-state index is 0. The Balaban J connectivity index is 0.00000242. The predicted molar refractivity (Wildman–Crippen MR) is 99.6 cm³/mol. The zero-order chi connectivity index (χ0) is 15.1. The van der Waals surface area contributed by atoms with Crippen LogP contribution in [-0.2, 0) is 18.3 Å². The Hall–Kier alpha value is -0.830. The lowest BCUT2D eigenvalue weighted by molar-refractivity contribution is 0.0625. The standard InChI is InChI=1S/C15H27N5O.HI/c1-16-15(17-12-14-4-8-18-20(14)3)19(2)9-5-13-6-10-21-11-7-13;/h4,8,13H,5-7,9-12H2,1-3H3,(H,16,17);1H. The molecule has 0 aliphatic carbocycles. The summed E-state index contributed by atoms with van der Waals surface area (Å²) in [7, 11) is 5.88. The van der Waals surface area contributed by atoms with Crippen LogP contribution in [0.25, 0.3) is 0 Å². The number of hydrogen-bond acceptors (Lipinski definition) is 3. The van der Waals surface area contributed by atoms with Gasteiger partial charge < -0.3 is 15.0 Å². The van der Waals surface area contributed by atoms with Crippen LogP contribution in [0, 0.1) is 5.92 Å². The highest BCUT2D eigenvalue weighted by molar-refractivity contribution is 14.0. The van der Waals surface area contributed by atoms with E-state index in [2.05, 4.69) is 27.4 Å². The fraction of sp³-hybridized carbons (Fsp3) is 0.733. The molecule has 126 valence electrons. The summed E-state index contributed by atoms with van der Waals surface area (Å²) < 4.78 is 7.29. The number of halogens is 1. The third-order valence-corrected chi connectivity index (χ3v) is 4.14. The summed E-state index contributed by atoms with van der Waals surface area (Å²) in [4.78, 5) is 6.56. The number of hydrogen-bond donors (Lipinski definition) is 1. The van der Waals surface area contributed by atoms with Crippen LogP contribution in [0.1, 0.15) is 25.0 Å². The second-order valence-corrected chi connectivity index (χ2v) is 5.61. The first kappa shape index (κ1) is 19.2. The molecule has 6 nitrogen and oxygen atoms in total. The van der Waals surface area contributed by atoms with Gasteiger partial charge in [0, 0.05) is 47.1 Å². The zero-order valence-corrected chi connectivity index (χ0v) is 16.1. The lowest BCUT2D eigenvalue weighted by Crippen LogP contribution is -2.40. The predicted octanol–water partition coefficient (Wildman–Crippen LogP) is 1.86. The molecule has 2 heterocycles. The highest BCUT2D eigenvalue weighted by atomic mass is 127. The minimum Gasteiger partial charge on any atom is -0.381 e. The minimum atomic E-state index is 0. The summed E-state index contributed by atoms with van der Waals surface area (Å²) in [5.74, 6) is 1.72. The van der Waals surface area contributed by atoms with Gasteiger partial charge in [-0.05, 0) is 31.2 Å². The number of rotatable bonds is 5. The molecule has 0 spiro atoms. The summed E-state index contributed by atoms with van der Waals surface area (Å²) in [6, 6.07) is 2.02. The summed E-state index contributed by atoms with van der Waals surface area (Å²) in [5.41, 5.74) is 1.15. The molecular weight excluding hydrogens is 393 g/mol. The van der Waals surface area contributed by atoms with Crippen LogP contribution in [0.3, 0.4) is 0 Å². The number of nitrogens with zero attached hydrogens (tertiary/aromatic N) is 4. The zero-order valence-electron chi connectivity index (χ0n) is 13.8. The van der Waals surface area contributed by atoms with Crippen molar-refractivity contribution in [3.63, 3.8) is 0 Å². The normalized spacial score (nSPS) is 16.2. The Morgan fingerprint density at radius 1 is 1.50 bits per heavy atom. The monoisotopic (exact) mass is 421 g/mol. The SMILES string of the molecule is CN=C(NCc1ccnn1C)N(C)CCC1CCOCC1.I. The molecule has 0 radical (unpaired) electrons. The number of aryl methyl sites for hydroxylation is 1. The van der Waals surface area contributed by atoms with Crippen molar-refractivity contribution in [1.29, 1.82) is 0 Å². The van der Waals surface area contributed by atoms with Crippen molar-refractivity contribution in [3.05, 3.63) is 18.0 Å². The maximum atomic E-state index is 5.41. The Morgan fingerprint density at radius 3 is 2.82 bits per heavy atom. The second kappa shape index (κ2) is 10.0. The van der Waals surface area contributed by atoms with Crippen LogP contribution in [0.15, 0.2) is 17.3 Å². The van der Waals surface area contributed by atoms with Crippen molar-refractivity contribution >= 4 is 29.9 Å². The molecule has 0 amide bonds. The Labute approximate surface area is 150 Å². The molecule has 1 aromatic rings. The van der Waals surface area contributed by atoms with Gasteiger partial charge in [0.25, 0.3) is 0 Å². The maximum Gasteiger partial charge on any atom is 0.193 e. The fourth-order valence-corrected chi connectivity index (χ4v) is 2.65. The van der Waals surface area contributed by atoms with Crippen LogP contribution in [-0.4, -0.2) is 54.5 Å². The van der Waals surface area contributed by atoms with Gasteiger partial charge in [-0.1, -0.05) is 0 Å². The molecule has 1 aromatic heterocycles. The van der Waals surface area contributed by atoms with Crippen LogP contribution in [0.4, 0.5) is 0 Å².